The topological polar surface area (TPSA) is 20.2 Å². The van der Waals surface area contributed by atoms with Gasteiger partial charge in [0.2, 0.25) is 0 Å². The Morgan fingerprint density at radius 2 is 1.32 bits per heavy atom. The lowest BCUT2D eigenvalue weighted by molar-refractivity contribution is 0.457. The van der Waals surface area contributed by atoms with E-state index in [0.717, 1.165) is 17.3 Å². The Labute approximate surface area is 207 Å². The Balaban J connectivity index is 1.75. The minimum absolute atomic E-state index is 0.163. The lowest BCUT2D eigenvalue weighted by atomic mass is 9.96. The molecule has 0 bridgehead atoms. The highest BCUT2D eigenvalue weighted by Gasteiger charge is 2.28. The summed E-state index contributed by atoms with van der Waals surface area (Å²) in [4.78, 5) is 0. The number of hydrogen-bond donors (Lipinski definition) is 1. The van der Waals surface area contributed by atoms with Crippen molar-refractivity contribution in [2.45, 2.75) is 45.9 Å². The van der Waals surface area contributed by atoms with Gasteiger partial charge >= 0.3 is 0 Å². The first-order valence-electron chi connectivity index (χ1n) is 11.8. The van der Waals surface area contributed by atoms with Crippen LogP contribution >= 0.6 is 16.5 Å². The molecule has 0 aliphatic heterocycles. The highest BCUT2D eigenvalue weighted by molar-refractivity contribution is 7.72. The molecule has 0 aliphatic rings. The van der Waals surface area contributed by atoms with Gasteiger partial charge in [0.1, 0.15) is 5.75 Å². The fourth-order valence-corrected chi connectivity index (χ4v) is 8.62. The quantitative estimate of drug-likeness (QED) is 0.275. The Hall–Kier alpha value is -2.46. The molecular weight excluding hydrogens is 450 g/mol. The van der Waals surface area contributed by atoms with Gasteiger partial charge in [-0.3, -0.25) is 0 Å². The second-order valence-corrected chi connectivity index (χ2v) is 13.8. The van der Waals surface area contributed by atoms with Crippen molar-refractivity contribution in [3.05, 3.63) is 119 Å². The molecular formula is C31H34OP2. The van der Waals surface area contributed by atoms with E-state index in [-0.39, 0.29) is 5.16 Å². The molecule has 0 aromatic heterocycles. The van der Waals surface area contributed by atoms with Gasteiger partial charge in [0, 0.05) is 16.9 Å². The number of aromatic hydroxyl groups is 1. The van der Waals surface area contributed by atoms with Crippen molar-refractivity contribution in [2.75, 3.05) is 0 Å². The monoisotopic (exact) mass is 484 g/mol. The van der Waals surface area contributed by atoms with Crippen LogP contribution in [0, 0.1) is 20.8 Å². The van der Waals surface area contributed by atoms with Crippen molar-refractivity contribution in [1.29, 1.82) is 0 Å². The van der Waals surface area contributed by atoms with E-state index in [1.807, 2.05) is 6.92 Å². The molecule has 0 heterocycles. The average Bonchev–Trinajstić information content (AvgIpc) is 2.82. The van der Waals surface area contributed by atoms with E-state index >= 15 is 0 Å². The fraction of sp³-hybridized carbons (Fsp3) is 0.226. The molecule has 3 heteroatoms. The summed E-state index contributed by atoms with van der Waals surface area (Å²) in [5.41, 5.74) is 5.96. The molecule has 1 N–H and O–H groups in total. The normalized spacial score (nSPS) is 12.1. The van der Waals surface area contributed by atoms with Crippen LogP contribution in [0.2, 0.25) is 0 Å². The van der Waals surface area contributed by atoms with Gasteiger partial charge in [0.05, 0.1) is 0 Å². The van der Waals surface area contributed by atoms with Gasteiger partial charge in [-0.05, 0) is 61.3 Å². The molecule has 1 nitrogen and oxygen atoms in total. The summed E-state index contributed by atoms with van der Waals surface area (Å²) in [6.45, 7) is 10.9. The molecule has 0 fully saturated rings. The van der Waals surface area contributed by atoms with Crippen molar-refractivity contribution in [1.82, 2.24) is 0 Å². The van der Waals surface area contributed by atoms with E-state index in [0.29, 0.717) is 14.3 Å². The highest BCUT2D eigenvalue weighted by atomic mass is 31.1. The van der Waals surface area contributed by atoms with E-state index in [4.69, 9.17) is 0 Å². The third-order valence-corrected chi connectivity index (χ3v) is 10.7. The van der Waals surface area contributed by atoms with Crippen molar-refractivity contribution in [2.24, 2.45) is 0 Å². The second-order valence-electron chi connectivity index (χ2n) is 9.59. The maximum absolute atomic E-state index is 10.9. The molecule has 4 aromatic carbocycles. The minimum atomic E-state index is -0.513. The molecule has 0 amide bonds. The van der Waals surface area contributed by atoms with E-state index in [1.165, 1.54) is 32.6 Å². The van der Waals surface area contributed by atoms with Gasteiger partial charge < -0.3 is 5.11 Å². The van der Waals surface area contributed by atoms with Crippen molar-refractivity contribution in [3.8, 4) is 5.75 Å². The predicted octanol–water partition coefficient (Wildman–Crippen LogP) is 7.19. The molecule has 0 spiro atoms. The maximum atomic E-state index is 10.9. The third kappa shape index (κ3) is 5.43. The molecule has 4 aromatic rings. The molecule has 0 saturated carbocycles. The molecule has 0 radical (unpaired) electrons. The standard InChI is InChI=1S/C31H34OP2/c1-22-19-24(3)29(32)28(20-22)31(4,5)33-30-23(2)13-12-14-25(30)21-34(26-15-8-6-9-16-26)27-17-10-7-11-18-27/h6-20,32-33H,21H2,1-5H3. The van der Waals surface area contributed by atoms with Gasteiger partial charge in [-0.2, -0.15) is 0 Å². The number of hydrogen-bond acceptors (Lipinski definition) is 1. The highest BCUT2D eigenvalue weighted by Crippen LogP contribution is 2.47. The largest absolute Gasteiger partial charge is 0.507 e. The first-order valence-corrected chi connectivity index (χ1v) is 14.3. The minimum Gasteiger partial charge on any atom is -0.507 e. The van der Waals surface area contributed by atoms with Crippen LogP contribution in [-0.4, -0.2) is 5.11 Å². The van der Waals surface area contributed by atoms with Crippen LogP contribution in [0.3, 0.4) is 0 Å². The first kappa shape index (κ1) is 24.7. The summed E-state index contributed by atoms with van der Waals surface area (Å²) < 4.78 is 0. The maximum Gasteiger partial charge on any atom is 0.122 e. The Bertz CT molecular complexity index is 1220. The molecule has 0 aliphatic carbocycles. The summed E-state index contributed by atoms with van der Waals surface area (Å²) in [6, 6.07) is 32.9. The van der Waals surface area contributed by atoms with Gasteiger partial charge in [0.25, 0.3) is 0 Å². The lowest BCUT2D eigenvalue weighted by Crippen LogP contribution is -2.21. The summed E-state index contributed by atoms with van der Waals surface area (Å²) in [5.74, 6) is 0.439. The Kier molecular flexibility index (Phi) is 7.57. The van der Waals surface area contributed by atoms with Gasteiger partial charge in [-0.15, -0.1) is 0 Å². The SMILES string of the molecule is Cc1cc(C)c(O)c(C(C)(C)Pc2c(C)cccc2CP(c2ccccc2)c2ccccc2)c1. The van der Waals surface area contributed by atoms with Crippen LogP contribution in [0.25, 0.3) is 0 Å². The van der Waals surface area contributed by atoms with E-state index in [9.17, 15) is 5.11 Å². The average molecular weight is 485 g/mol. The number of aryl methyl sites for hydroxylation is 3. The van der Waals surface area contributed by atoms with Crippen LogP contribution in [0.1, 0.15) is 41.7 Å². The zero-order valence-corrected chi connectivity index (χ0v) is 22.7. The summed E-state index contributed by atoms with van der Waals surface area (Å²) in [6.07, 6.45) is 1.02. The van der Waals surface area contributed by atoms with Gasteiger partial charge in [0.15, 0.2) is 0 Å². The Morgan fingerprint density at radius 1 is 0.735 bits per heavy atom. The smallest absolute Gasteiger partial charge is 0.122 e. The van der Waals surface area contributed by atoms with Gasteiger partial charge in [-0.1, -0.05) is 119 Å². The molecule has 1 unspecified atom stereocenters. The number of phenols is 1. The van der Waals surface area contributed by atoms with Crippen LogP contribution in [0.5, 0.6) is 5.75 Å². The number of phenolic OH excluding ortho intramolecular Hbond substituents is 1. The van der Waals surface area contributed by atoms with Crippen molar-refractivity contribution >= 4 is 32.4 Å². The molecule has 4 rings (SSSR count). The van der Waals surface area contributed by atoms with Crippen molar-refractivity contribution < 1.29 is 5.11 Å². The number of rotatable bonds is 7. The van der Waals surface area contributed by atoms with Crippen LogP contribution < -0.4 is 15.9 Å². The third-order valence-electron chi connectivity index (χ3n) is 6.38. The zero-order valence-electron chi connectivity index (χ0n) is 20.8. The lowest BCUT2D eigenvalue weighted by Gasteiger charge is -2.30. The van der Waals surface area contributed by atoms with Crippen LogP contribution in [0.15, 0.2) is 91.0 Å². The Morgan fingerprint density at radius 3 is 1.91 bits per heavy atom. The van der Waals surface area contributed by atoms with E-state index < -0.39 is 7.92 Å². The molecule has 0 saturated heterocycles. The van der Waals surface area contributed by atoms with E-state index in [1.54, 1.807) is 0 Å². The van der Waals surface area contributed by atoms with E-state index in [2.05, 4.69) is 119 Å². The first-order chi connectivity index (χ1) is 16.3. The zero-order chi connectivity index (χ0) is 24.3. The summed E-state index contributed by atoms with van der Waals surface area (Å²) in [7, 11) is 0.0476. The predicted molar refractivity (Wildman–Crippen MR) is 153 cm³/mol. The van der Waals surface area contributed by atoms with Crippen LogP contribution in [0.4, 0.5) is 0 Å². The van der Waals surface area contributed by atoms with Crippen molar-refractivity contribution in [3.63, 3.8) is 0 Å². The second kappa shape index (κ2) is 10.4. The fourth-order valence-electron chi connectivity index (χ4n) is 4.57. The molecule has 1 atom stereocenters. The molecule has 174 valence electrons. The summed E-state index contributed by atoms with van der Waals surface area (Å²) >= 11 is 0. The molecule has 34 heavy (non-hydrogen) atoms. The van der Waals surface area contributed by atoms with Gasteiger partial charge in [-0.25, -0.2) is 0 Å². The summed E-state index contributed by atoms with van der Waals surface area (Å²) in [5, 5.41) is 15.0. The van der Waals surface area contributed by atoms with Crippen LogP contribution in [-0.2, 0) is 11.3 Å². The number of benzene rings is 4.